The first-order valence-electron chi connectivity index (χ1n) is 8.24. The van der Waals surface area contributed by atoms with Gasteiger partial charge in [0, 0.05) is 29.1 Å². The van der Waals surface area contributed by atoms with Crippen LogP contribution in [0, 0.1) is 6.92 Å². The van der Waals surface area contributed by atoms with Crippen molar-refractivity contribution in [1.29, 1.82) is 0 Å². The summed E-state index contributed by atoms with van der Waals surface area (Å²) in [6, 6.07) is 11.2. The third-order valence-electron chi connectivity index (χ3n) is 4.46. The first-order chi connectivity index (χ1) is 11.5. The first kappa shape index (κ1) is 16.7. The zero-order chi connectivity index (χ0) is 17.1. The molecule has 0 unspecified atom stereocenters. The standard InChI is InChI=1S/C20H20ClNO2/c1-13-11-17(21)7-8-18(13)22-20(24)10-9-19(23)16-6-5-14-3-2-4-15(14)12-16/h5-8,11-12H,2-4,9-10H2,1H3,(H,22,24). The van der Waals surface area contributed by atoms with Crippen molar-refractivity contribution in [2.75, 3.05) is 5.32 Å². The van der Waals surface area contributed by atoms with Gasteiger partial charge in [0.05, 0.1) is 0 Å². The number of halogens is 1. The van der Waals surface area contributed by atoms with E-state index < -0.39 is 0 Å². The fourth-order valence-corrected chi connectivity index (χ4v) is 3.32. The molecule has 0 heterocycles. The van der Waals surface area contributed by atoms with Crippen LogP contribution in [0.3, 0.4) is 0 Å². The minimum absolute atomic E-state index is 0.0210. The zero-order valence-electron chi connectivity index (χ0n) is 13.7. The van der Waals surface area contributed by atoms with Crippen LogP contribution in [-0.2, 0) is 17.6 Å². The van der Waals surface area contributed by atoms with Crippen LogP contribution in [0.15, 0.2) is 36.4 Å². The van der Waals surface area contributed by atoms with E-state index in [9.17, 15) is 9.59 Å². The summed E-state index contributed by atoms with van der Waals surface area (Å²) in [5.41, 5.74) is 4.98. The molecule has 0 spiro atoms. The summed E-state index contributed by atoms with van der Waals surface area (Å²) in [7, 11) is 0. The van der Waals surface area contributed by atoms with E-state index >= 15 is 0 Å². The second-order valence-corrected chi connectivity index (χ2v) is 6.70. The average molecular weight is 342 g/mol. The van der Waals surface area contributed by atoms with Gasteiger partial charge in [0.1, 0.15) is 0 Å². The molecule has 0 aromatic heterocycles. The van der Waals surface area contributed by atoms with Crippen molar-refractivity contribution in [1.82, 2.24) is 0 Å². The van der Waals surface area contributed by atoms with Crippen LogP contribution in [0.5, 0.6) is 0 Å². The number of carbonyl (C=O) groups is 2. The van der Waals surface area contributed by atoms with E-state index in [-0.39, 0.29) is 24.5 Å². The molecule has 3 rings (SSSR count). The maximum absolute atomic E-state index is 12.3. The lowest BCUT2D eigenvalue weighted by Gasteiger charge is -2.09. The Balaban J connectivity index is 1.57. The number of ketones is 1. The third kappa shape index (κ3) is 3.85. The maximum Gasteiger partial charge on any atom is 0.224 e. The number of amides is 1. The van der Waals surface area contributed by atoms with Gasteiger partial charge in [-0.15, -0.1) is 0 Å². The molecular formula is C20H20ClNO2. The van der Waals surface area contributed by atoms with Crippen LogP contribution in [0.2, 0.25) is 5.02 Å². The van der Waals surface area contributed by atoms with Crippen molar-refractivity contribution < 1.29 is 9.59 Å². The van der Waals surface area contributed by atoms with E-state index in [2.05, 4.69) is 5.32 Å². The van der Waals surface area contributed by atoms with Crippen LogP contribution in [0.25, 0.3) is 0 Å². The summed E-state index contributed by atoms with van der Waals surface area (Å²) in [6.45, 7) is 1.89. The molecular weight excluding hydrogens is 322 g/mol. The second-order valence-electron chi connectivity index (χ2n) is 6.27. The predicted octanol–water partition coefficient (Wildman–Crippen LogP) is 4.74. The lowest BCUT2D eigenvalue weighted by molar-refractivity contribution is -0.116. The first-order valence-corrected chi connectivity index (χ1v) is 8.62. The van der Waals surface area contributed by atoms with Crippen molar-refractivity contribution in [2.24, 2.45) is 0 Å². The molecule has 24 heavy (non-hydrogen) atoms. The smallest absolute Gasteiger partial charge is 0.224 e. The Bertz CT molecular complexity index is 798. The fraction of sp³-hybridized carbons (Fsp3) is 0.300. The van der Waals surface area contributed by atoms with Gasteiger partial charge in [-0.25, -0.2) is 0 Å². The maximum atomic E-state index is 12.3. The van der Waals surface area contributed by atoms with Crippen LogP contribution in [0.4, 0.5) is 5.69 Å². The van der Waals surface area contributed by atoms with Gasteiger partial charge in [0.2, 0.25) is 5.91 Å². The molecule has 0 atom stereocenters. The van der Waals surface area contributed by atoms with Gasteiger partial charge in [-0.05, 0) is 67.1 Å². The van der Waals surface area contributed by atoms with E-state index in [4.69, 9.17) is 11.6 Å². The van der Waals surface area contributed by atoms with Gasteiger partial charge in [0.25, 0.3) is 0 Å². The van der Waals surface area contributed by atoms with Crippen LogP contribution in [-0.4, -0.2) is 11.7 Å². The van der Waals surface area contributed by atoms with Crippen molar-refractivity contribution in [3.05, 3.63) is 63.7 Å². The predicted molar refractivity (Wildman–Crippen MR) is 96.9 cm³/mol. The third-order valence-corrected chi connectivity index (χ3v) is 4.70. The summed E-state index contributed by atoms with van der Waals surface area (Å²) in [5, 5.41) is 3.47. The fourth-order valence-electron chi connectivity index (χ4n) is 3.10. The Labute approximate surface area is 147 Å². The lowest BCUT2D eigenvalue weighted by Crippen LogP contribution is -2.14. The topological polar surface area (TPSA) is 46.2 Å². The van der Waals surface area contributed by atoms with Crippen LogP contribution < -0.4 is 5.32 Å². The number of anilines is 1. The number of aryl methyl sites for hydroxylation is 3. The quantitative estimate of drug-likeness (QED) is 0.798. The minimum atomic E-state index is -0.157. The van der Waals surface area contributed by atoms with Crippen LogP contribution >= 0.6 is 11.6 Å². The number of benzene rings is 2. The monoisotopic (exact) mass is 341 g/mol. The molecule has 1 N–H and O–H groups in total. The lowest BCUT2D eigenvalue weighted by atomic mass is 10.0. The van der Waals surface area contributed by atoms with E-state index in [1.807, 2.05) is 25.1 Å². The van der Waals surface area contributed by atoms with E-state index in [1.54, 1.807) is 18.2 Å². The summed E-state index contributed by atoms with van der Waals surface area (Å²) < 4.78 is 0. The van der Waals surface area contributed by atoms with Gasteiger partial charge in [0.15, 0.2) is 5.78 Å². The largest absolute Gasteiger partial charge is 0.326 e. The number of hydrogen-bond donors (Lipinski definition) is 1. The molecule has 0 fully saturated rings. The number of nitrogens with one attached hydrogen (secondary N) is 1. The summed E-state index contributed by atoms with van der Waals surface area (Å²) in [6.07, 6.45) is 3.71. The highest BCUT2D eigenvalue weighted by Gasteiger charge is 2.15. The molecule has 0 saturated carbocycles. The Morgan fingerprint density at radius 2 is 1.83 bits per heavy atom. The van der Waals surface area contributed by atoms with Crippen LogP contribution in [0.1, 0.15) is 46.3 Å². The molecule has 124 valence electrons. The average Bonchev–Trinajstić information content (AvgIpc) is 3.03. The van der Waals surface area contributed by atoms with Crippen molar-refractivity contribution in [2.45, 2.75) is 39.0 Å². The molecule has 2 aromatic rings. The van der Waals surface area contributed by atoms with E-state index in [0.29, 0.717) is 10.6 Å². The molecule has 1 aliphatic carbocycles. The summed E-state index contributed by atoms with van der Waals surface area (Å²) in [5.74, 6) is -0.136. The normalized spacial score (nSPS) is 12.8. The van der Waals surface area contributed by atoms with E-state index in [0.717, 1.165) is 30.5 Å². The number of rotatable bonds is 5. The zero-order valence-corrected chi connectivity index (χ0v) is 14.5. The second kappa shape index (κ2) is 7.18. The summed E-state index contributed by atoms with van der Waals surface area (Å²) >= 11 is 5.91. The molecule has 2 aromatic carbocycles. The highest BCUT2D eigenvalue weighted by atomic mass is 35.5. The highest BCUT2D eigenvalue weighted by Crippen LogP contribution is 2.24. The van der Waals surface area contributed by atoms with E-state index in [1.165, 1.54) is 11.1 Å². The van der Waals surface area contributed by atoms with Crippen molar-refractivity contribution >= 4 is 29.0 Å². The number of Topliss-reactive ketones (excluding diaryl/α,β-unsaturated/α-hetero) is 1. The Morgan fingerprint density at radius 3 is 2.62 bits per heavy atom. The Morgan fingerprint density at radius 1 is 1.04 bits per heavy atom. The number of carbonyl (C=O) groups excluding carboxylic acids is 2. The van der Waals surface area contributed by atoms with Gasteiger partial charge in [-0.2, -0.15) is 0 Å². The SMILES string of the molecule is Cc1cc(Cl)ccc1NC(=O)CCC(=O)c1ccc2c(c1)CCC2. The molecule has 0 saturated heterocycles. The molecule has 1 amide bonds. The molecule has 3 nitrogen and oxygen atoms in total. The van der Waals surface area contributed by atoms with Gasteiger partial charge in [-0.1, -0.05) is 23.7 Å². The molecule has 0 bridgehead atoms. The van der Waals surface area contributed by atoms with Gasteiger partial charge >= 0.3 is 0 Å². The minimum Gasteiger partial charge on any atom is -0.326 e. The van der Waals surface area contributed by atoms with Crippen molar-refractivity contribution in [3.63, 3.8) is 0 Å². The molecule has 1 aliphatic rings. The number of fused-ring (bicyclic) bond motifs is 1. The number of hydrogen-bond acceptors (Lipinski definition) is 2. The Hall–Kier alpha value is -2.13. The molecule has 4 heteroatoms. The van der Waals surface area contributed by atoms with Gasteiger partial charge in [-0.3, -0.25) is 9.59 Å². The summed E-state index contributed by atoms with van der Waals surface area (Å²) in [4.78, 5) is 24.4. The molecule has 0 aliphatic heterocycles. The van der Waals surface area contributed by atoms with Gasteiger partial charge < -0.3 is 5.32 Å². The molecule has 0 radical (unpaired) electrons. The highest BCUT2D eigenvalue weighted by molar-refractivity contribution is 6.30. The van der Waals surface area contributed by atoms with Crippen molar-refractivity contribution in [3.8, 4) is 0 Å². The Kier molecular flexibility index (Phi) is 5.00.